The second-order valence-electron chi connectivity index (χ2n) is 1.72. The van der Waals surface area contributed by atoms with Crippen LogP contribution in [0.2, 0.25) is 0 Å². The van der Waals surface area contributed by atoms with Crippen molar-refractivity contribution >= 4 is 23.8 Å². The lowest BCUT2D eigenvalue weighted by Gasteiger charge is -2.02. The van der Waals surface area contributed by atoms with E-state index in [1.54, 1.807) is 12.9 Å². The Morgan fingerprint density at radius 3 is 2.56 bits per heavy atom. The van der Waals surface area contributed by atoms with Gasteiger partial charge in [-0.2, -0.15) is 0 Å². The van der Waals surface area contributed by atoms with Gasteiger partial charge in [-0.1, -0.05) is 6.92 Å². The standard InChI is InChI=1S/C6H7ClO2/c1-5(2-3-8)6(7)4-9/h2,4-6H,1H3. The van der Waals surface area contributed by atoms with Crippen LogP contribution in [0.25, 0.3) is 0 Å². The highest BCUT2D eigenvalue weighted by Gasteiger charge is 2.09. The predicted octanol–water partition coefficient (Wildman–Crippen LogP) is 0.817. The third-order valence-electron chi connectivity index (χ3n) is 0.963. The van der Waals surface area contributed by atoms with Crippen molar-refractivity contribution in [3.63, 3.8) is 0 Å². The molecule has 0 aliphatic carbocycles. The number of allylic oxidation sites excluding steroid dienone is 1. The summed E-state index contributed by atoms with van der Waals surface area (Å²) in [5.41, 5.74) is 0. The summed E-state index contributed by atoms with van der Waals surface area (Å²) in [6.07, 6.45) is 1.83. The highest BCUT2D eigenvalue weighted by atomic mass is 35.5. The molecule has 0 aliphatic rings. The molecule has 2 atom stereocenters. The molecule has 3 heteroatoms. The van der Waals surface area contributed by atoms with E-state index >= 15 is 0 Å². The first-order valence-electron chi connectivity index (χ1n) is 2.52. The van der Waals surface area contributed by atoms with Gasteiger partial charge in [0, 0.05) is 12.0 Å². The number of aldehydes is 1. The molecule has 0 heterocycles. The van der Waals surface area contributed by atoms with Gasteiger partial charge in [0.1, 0.15) is 12.2 Å². The van der Waals surface area contributed by atoms with Gasteiger partial charge in [-0.15, -0.1) is 11.6 Å². The largest absolute Gasteiger partial charge is 0.302 e. The lowest BCUT2D eigenvalue weighted by molar-refractivity contribution is -0.108. The summed E-state index contributed by atoms with van der Waals surface area (Å²) < 4.78 is 0. The van der Waals surface area contributed by atoms with Crippen LogP contribution >= 0.6 is 11.6 Å². The van der Waals surface area contributed by atoms with Gasteiger partial charge in [0.25, 0.3) is 0 Å². The maximum atomic E-state index is 9.94. The molecular formula is C6H7ClO2. The van der Waals surface area contributed by atoms with Crippen molar-refractivity contribution in [1.82, 2.24) is 0 Å². The van der Waals surface area contributed by atoms with Crippen LogP contribution in [0.1, 0.15) is 6.92 Å². The first-order valence-corrected chi connectivity index (χ1v) is 2.96. The third-order valence-corrected chi connectivity index (χ3v) is 1.46. The maximum Gasteiger partial charge on any atom is 0.138 e. The fraction of sp³-hybridized carbons (Fsp3) is 0.500. The monoisotopic (exact) mass is 146 g/mol. The van der Waals surface area contributed by atoms with Gasteiger partial charge in [0.2, 0.25) is 0 Å². The van der Waals surface area contributed by atoms with Crippen LogP contribution in [-0.2, 0) is 9.59 Å². The van der Waals surface area contributed by atoms with Crippen molar-refractivity contribution in [3.05, 3.63) is 6.08 Å². The zero-order chi connectivity index (χ0) is 7.28. The second-order valence-corrected chi connectivity index (χ2v) is 2.23. The first kappa shape index (κ1) is 8.41. The molecule has 2 nitrogen and oxygen atoms in total. The molecular weight excluding hydrogens is 140 g/mol. The summed E-state index contributed by atoms with van der Waals surface area (Å²) in [6, 6.07) is 0. The molecule has 0 radical (unpaired) electrons. The van der Waals surface area contributed by atoms with Crippen LogP contribution in [0.5, 0.6) is 0 Å². The summed E-state index contributed by atoms with van der Waals surface area (Å²) in [6.45, 7) is 1.68. The lowest BCUT2D eigenvalue weighted by Crippen LogP contribution is -2.09. The Kier molecular flexibility index (Phi) is 4.02. The van der Waals surface area contributed by atoms with Crippen LogP contribution in [0.4, 0.5) is 0 Å². The number of alkyl halides is 1. The second kappa shape index (κ2) is 4.30. The molecule has 9 heavy (non-hydrogen) atoms. The number of carbonyl (C=O) groups excluding carboxylic acids is 2. The Morgan fingerprint density at radius 1 is 1.67 bits per heavy atom. The number of rotatable bonds is 3. The first-order chi connectivity index (χ1) is 4.22. The van der Waals surface area contributed by atoms with E-state index in [1.807, 2.05) is 0 Å². The average Bonchev–Trinajstić information content (AvgIpc) is 1.87. The van der Waals surface area contributed by atoms with Gasteiger partial charge in [-0.3, -0.25) is 0 Å². The molecule has 2 unspecified atom stereocenters. The molecule has 0 bridgehead atoms. The molecule has 50 valence electrons. The van der Waals surface area contributed by atoms with E-state index in [2.05, 4.69) is 0 Å². The molecule has 0 aromatic heterocycles. The van der Waals surface area contributed by atoms with Gasteiger partial charge in [-0.05, 0) is 0 Å². The summed E-state index contributed by atoms with van der Waals surface area (Å²) in [5.74, 6) is 1.34. The average molecular weight is 147 g/mol. The number of hydrogen-bond acceptors (Lipinski definition) is 2. The van der Waals surface area contributed by atoms with Crippen molar-refractivity contribution in [2.45, 2.75) is 12.3 Å². The Morgan fingerprint density at radius 2 is 2.22 bits per heavy atom. The molecule has 0 aromatic carbocycles. The number of halogens is 1. The van der Waals surface area contributed by atoms with E-state index in [0.717, 1.165) is 0 Å². The predicted molar refractivity (Wildman–Crippen MR) is 35.1 cm³/mol. The van der Waals surface area contributed by atoms with Gasteiger partial charge in [0.05, 0.1) is 5.38 Å². The number of carbonyl (C=O) groups is 1. The summed E-state index contributed by atoms with van der Waals surface area (Å²) in [4.78, 5) is 19.6. The zero-order valence-electron chi connectivity index (χ0n) is 5.00. The lowest BCUT2D eigenvalue weighted by atomic mass is 10.1. The molecule has 0 spiro atoms. The minimum atomic E-state index is -0.605. The van der Waals surface area contributed by atoms with Crippen molar-refractivity contribution < 1.29 is 9.59 Å². The Hall–Kier alpha value is -0.590. The Labute approximate surface area is 58.5 Å². The highest BCUT2D eigenvalue weighted by Crippen LogP contribution is 2.06. The van der Waals surface area contributed by atoms with Crippen LogP contribution in [0, 0.1) is 5.92 Å². The van der Waals surface area contributed by atoms with Crippen molar-refractivity contribution in [3.8, 4) is 0 Å². The van der Waals surface area contributed by atoms with E-state index < -0.39 is 5.38 Å². The van der Waals surface area contributed by atoms with Gasteiger partial charge < -0.3 is 4.79 Å². The van der Waals surface area contributed by atoms with Crippen molar-refractivity contribution in [2.75, 3.05) is 0 Å². The van der Waals surface area contributed by atoms with E-state index in [0.29, 0.717) is 6.29 Å². The summed E-state index contributed by atoms with van der Waals surface area (Å²) >= 11 is 5.42. The van der Waals surface area contributed by atoms with Crippen LogP contribution < -0.4 is 0 Å². The Bertz CT molecular complexity index is 138. The normalized spacial score (nSPS) is 15.3. The minimum Gasteiger partial charge on any atom is -0.302 e. The quantitative estimate of drug-likeness (QED) is 0.336. The van der Waals surface area contributed by atoms with Gasteiger partial charge in [0.15, 0.2) is 0 Å². The van der Waals surface area contributed by atoms with Gasteiger partial charge in [-0.25, -0.2) is 4.79 Å². The van der Waals surface area contributed by atoms with Crippen LogP contribution in [-0.4, -0.2) is 17.6 Å². The van der Waals surface area contributed by atoms with E-state index in [-0.39, 0.29) is 5.92 Å². The van der Waals surface area contributed by atoms with Crippen LogP contribution in [0.15, 0.2) is 6.08 Å². The topological polar surface area (TPSA) is 34.1 Å². The highest BCUT2D eigenvalue weighted by molar-refractivity contribution is 6.27. The maximum absolute atomic E-state index is 9.94. The van der Waals surface area contributed by atoms with E-state index in [1.165, 1.54) is 6.08 Å². The SMILES string of the molecule is CC(C=C=O)C(Cl)C=O. The fourth-order valence-electron chi connectivity index (χ4n) is 0.323. The summed E-state index contributed by atoms with van der Waals surface area (Å²) in [5, 5.41) is -0.605. The molecule has 0 saturated carbocycles. The van der Waals surface area contributed by atoms with Gasteiger partial charge >= 0.3 is 0 Å². The molecule has 0 rings (SSSR count). The summed E-state index contributed by atoms with van der Waals surface area (Å²) in [7, 11) is 0. The molecule has 0 aromatic rings. The smallest absolute Gasteiger partial charge is 0.138 e. The molecule has 0 amide bonds. The molecule has 0 aliphatic heterocycles. The molecule has 0 fully saturated rings. The molecule has 0 saturated heterocycles. The third kappa shape index (κ3) is 3.07. The minimum absolute atomic E-state index is 0.221. The Balaban J connectivity index is 3.85. The molecule has 0 N–H and O–H groups in total. The number of hydrogen-bond donors (Lipinski definition) is 0. The van der Waals surface area contributed by atoms with Crippen molar-refractivity contribution in [2.24, 2.45) is 5.92 Å². The van der Waals surface area contributed by atoms with E-state index in [9.17, 15) is 9.59 Å². The van der Waals surface area contributed by atoms with Crippen LogP contribution in [0.3, 0.4) is 0 Å². The van der Waals surface area contributed by atoms with E-state index in [4.69, 9.17) is 11.6 Å². The zero-order valence-corrected chi connectivity index (χ0v) is 5.76. The fourth-order valence-corrected chi connectivity index (χ4v) is 0.396. The van der Waals surface area contributed by atoms with Crippen molar-refractivity contribution in [1.29, 1.82) is 0 Å².